The Balaban J connectivity index is 2.34. The first-order valence-corrected chi connectivity index (χ1v) is 7.33. The van der Waals surface area contributed by atoms with E-state index in [9.17, 15) is 4.89 Å². The zero-order valence-corrected chi connectivity index (χ0v) is 10.2. The van der Waals surface area contributed by atoms with E-state index in [0.717, 1.165) is 19.4 Å². The zero-order chi connectivity index (χ0) is 10.6. The first-order chi connectivity index (χ1) is 6.59. The lowest BCUT2D eigenvalue weighted by molar-refractivity contribution is 0.0414. The summed E-state index contributed by atoms with van der Waals surface area (Å²) in [6.45, 7) is 0.218. The molecular formula is C8H17O4PS. The normalized spacial score (nSPS) is 31.6. The Morgan fingerprint density at radius 1 is 1.64 bits per heavy atom. The van der Waals surface area contributed by atoms with Gasteiger partial charge in [0.1, 0.15) is 0 Å². The lowest BCUT2D eigenvalue weighted by Crippen LogP contribution is -2.21. The first kappa shape index (κ1) is 12.6. The van der Waals surface area contributed by atoms with Crippen molar-refractivity contribution >= 4 is 18.5 Å². The van der Waals surface area contributed by atoms with E-state index in [-0.39, 0.29) is 6.10 Å². The lowest BCUT2D eigenvalue weighted by Gasteiger charge is -2.19. The maximum atomic E-state index is 9.37. The van der Waals surface area contributed by atoms with Gasteiger partial charge in [-0.1, -0.05) is 13.3 Å². The molecule has 1 fully saturated rings. The van der Waals surface area contributed by atoms with Gasteiger partial charge in [0.2, 0.25) is 0 Å². The van der Waals surface area contributed by atoms with Crippen LogP contribution in [0.2, 0.25) is 0 Å². The molecule has 0 bridgehead atoms. The van der Waals surface area contributed by atoms with Crippen molar-refractivity contribution in [3.8, 4) is 0 Å². The maximum Gasteiger partial charge on any atom is 0.324 e. The van der Waals surface area contributed by atoms with Crippen molar-refractivity contribution in [1.29, 1.82) is 0 Å². The van der Waals surface area contributed by atoms with Gasteiger partial charge in [0, 0.05) is 13.7 Å². The molecule has 0 radical (unpaired) electrons. The summed E-state index contributed by atoms with van der Waals surface area (Å²) in [6, 6.07) is 0. The van der Waals surface area contributed by atoms with Crippen LogP contribution in [0.4, 0.5) is 0 Å². The van der Waals surface area contributed by atoms with Crippen LogP contribution in [0.3, 0.4) is 0 Å². The number of rotatable bonds is 5. The van der Waals surface area contributed by atoms with Gasteiger partial charge in [-0.25, -0.2) is 0 Å². The molecule has 1 heterocycles. The molecule has 1 aliphatic heterocycles. The topological polar surface area (TPSA) is 47.9 Å². The minimum atomic E-state index is -3.01. The van der Waals surface area contributed by atoms with Gasteiger partial charge in [-0.05, 0) is 24.1 Å². The molecule has 84 valence electrons. The average molecular weight is 240 g/mol. The van der Waals surface area contributed by atoms with Gasteiger partial charge in [-0.3, -0.25) is 0 Å². The molecule has 0 spiro atoms. The highest BCUT2D eigenvalue weighted by Gasteiger charge is 2.28. The van der Waals surface area contributed by atoms with Crippen molar-refractivity contribution in [3.63, 3.8) is 0 Å². The molecule has 1 saturated heterocycles. The quantitative estimate of drug-likeness (QED) is 0.741. The molecule has 0 aromatic rings. The van der Waals surface area contributed by atoms with Crippen molar-refractivity contribution in [2.75, 3.05) is 20.3 Å². The molecule has 0 saturated carbocycles. The van der Waals surface area contributed by atoms with Crippen LogP contribution < -0.4 is 0 Å². The second-order valence-corrected chi connectivity index (χ2v) is 6.26. The predicted octanol–water partition coefficient (Wildman–Crippen LogP) is 1.68. The molecule has 0 aromatic heterocycles. The highest BCUT2D eigenvalue weighted by Crippen LogP contribution is 2.43. The Kier molecular flexibility index (Phi) is 4.97. The Bertz CT molecular complexity index is 223. The van der Waals surface area contributed by atoms with Crippen LogP contribution in [-0.2, 0) is 25.6 Å². The number of hydrogen-bond acceptors (Lipinski definition) is 4. The minimum Gasteiger partial charge on any atom is -0.376 e. The Hall–Kier alpha value is 0.490. The van der Waals surface area contributed by atoms with E-state index < -0.39 is 6.72 Å². The first-order valence-electron chi connectivity index (χ1n) is 4.73. The standard InChI is InChI=1S/C8H17O4PS/c1-3-7-4-5-11-8(7)6-12-13(9,14)10-2/h7-8H,3-6H2,1-2H3,(H,9,14). The molecule has 0 aromatic carbocycles. The predicted molar refractivity (Wildman–Crippen MR) is 57.6 cm³/mol. The van der Waals surface area contributed by atoms with Crippen LogP contribution in [0.15, 0.2) is 0 Å². The van der Waals surface area contributed by atoms with Gasteiger partial charge in [-0.15, -0.1) is 0 Å². The van der Waals surface area contributed by atoms with Gasteiger partial charge >= 0.3 is 6.72 Å². The third-order valence-electron chi connectivity index (χ3n) is 2.50. The molecule has 3 unspecified atom stereocenters. The highest BCUT2D eigenvalue weighted by molar-refractivity contribution is 8.07. The van der Waals surface area contributed by atoms with Gasteiger partial charge in [0.15, 0.2) is 0 Å². The van der Waals surface area contributed by atoms with Crippen LogP contribution in [0.25, 0.3) is 0 Å². The smallest absolute Gasteiger partial charge is 0.324 e. The molecule has 0 aliphatic carbocycles. The second kappa shape index (κ2) is 5.54. The summed E-state index contributed by atoms with van der Waals surface area (Å²) in [5, 5.41) is 0. The van der Waals surface area contributed by atoms with E-state index in [2.05, 4.69) is 11.4 Å². The molecule has 6 heteroatoms. The Morgan fingerprint density at radius 2 is 2.36 bits per heavy atom. The van der Waals surface area contributed by atoms with Crippen LogP contribution in [0, 0.1) is 5.92 Å². The van der Waals surface area contributed by atoms with Crippen LogP contribution >= 0.6 is 6.72 Å². The molecule has 4 nitrogen and oxygen atoms in total. The number of hydrogen-bond donors (Lipinski definition) is 1. The maximum absolute atomic E-state index is 9.37. The fourth-order valence-corrected chi connectivity index (χ4v) is 2.19. The summed E-state index contributed by atoms with van der Waals surface area (Å²) in [5.41, 5.74) is 0. The summed E-state index contributed by atoms with van der Waals surface area (Å²) in [5.74, 6) is 0.516. The van der Waals surface area contributed by atoms with Crippen molar-refractivity contribution < 1.29 is 18.7 Å². The molecule has 0 amide bonds. The lowest BCUT2D eigenvalue weighted by atomic mass is 9.99. The van der Waals surface area contributed by atoms with Crippen LogP contribution in [0.1, 0.15) is 19.8 Å². The summed E-state index contributed by atoms with van der Waals surface area (Å²) >= 11 is 4.72. The third-order valence-corrected chi connectivity index (χ3v) is 4.20. The highest BCUT2D eigenvalue weighted by atomic mass is 32.5. The Morgan fingerprint density at radius 3 is 2.93 bits per heavy atom. The van der Waals surface area contributed by atoms with E-state index in [4.69, 9.17) is 21.1 Å². The van der Waals surface area contributed by atoms with E-state index in [1.807, 2.05) is 0 Å². The van der Waals surface area contributed by atoms with E-state index in [0.29, 0.717) is 12.5 Å². The van der Waals surface area contributed by atoms with E-state index >= 15 is 0 Å². The van der Waals surface area contributed by atoms with E-state index in [1.165, 1.54) is 7.11 Å². The van der Waals surface area contributed by atoms with Crippen molar-refractivity contribution in [3.05, 3.63) is 0 Å². The molecule has 1 rings (SSSR count). The summed E-state index contributed by atoms with van der Waals surface area (Å²) in [7, 11) is 1.35. The molecule has 1 N–H and O–H groups in total. The summed E-state index contributed by atoms with van der Waals surface area (Å²) in [6.07, 6.45) is 2.19. The monoisotopic (exact) mass is 240 g/mol. The van der Waals surface area contributed by atoms with Crippen LogP contribution in [-0.4, -0.2) is 31.3 Å². The van der Waals surface area contributed by atoms with Gasteiger partial charge < -0.3 is 18.7 Å². The van der Waals surface area contributed by atoms with Crippen molar-refractivity contribution in [2.45, 2.75) is 25.9 Å². The summed E-state index contributed by atoms with van der Waals surface area (Å²) in [4.78, 5) is 9.37. The second-order valence-electron chi connectivity index (χ2n) is 3.31. The third kappa shape index (κ3) is 3.57. The Labute approximate surface area is 89.8 Å². The SMILES string of the molecule is CCC1CCOC1COP(O)(=S)OC. The molecule has 14 heavy (non-hydrogen) atoms. The fraction of sp³-hybridized carbons (Fsp3) is 1.00. The van der Waals surface area contributed by atoms with Gasteiger partial charge in [0.25, 0.3) is 0 Å². The molecule has 1 aliphatic rings. The largest absolute Gasteiger partial charge is 0.376 e. The molecule has 3 atom stereocenters. The van der Waals surface area contributed by atoms with Gasteiger partial charge in [-0.2, -0.15) is 0 Å². The van der Waals surface area contributed by atoms with E-state index in [1.54, 1.807) is 0 Å². The summed E-state index contributed by atoms with van der Waals surface area (Å²) < 4.78 is 15.3. The van der Waals surface area contributed by atoms with Crippen LogP contribution in [0.5, 0.6) is 0 Å². The minimum absolute atomic E-state index is 0.0598. The average Bonchev–Trinajstić information content (AvgIpc) is 2.62. The van der Waals surface area contributed by atoms with Gasteiger partial charge in [0.05, 0.1) is 12.7 Å². The van der Waals surface area contributed by atoms with Crippen molar-refractivity contribution in [1.82, 2.24) is 0 Å². The fourth-order valence-electron chi connectivity index (χ4n) is 1.56. The number of ether oxygens (including phenoxy) is 1. The van der Waals surface area contributed by atoms with Crippen molar-refractivity contribution in [2.24, 2.45) is 5.92 Å². The zero-order valence-electron chi connectivity index (χ0n) is 8.51. The molecular weight excluding hydrogens is 223 g/mol.